The summed E-state index contributed by atoms with van der Waals surface area (Å²) in [5.74, 6) is -0.594. The maximum atomic E-state index is 12.5. The van der Waals surface area contributed by atoms with Gasteiger partial charge in [-0.05, 0) is 36.2 Å². The fraction of sp³-hybridized carbons (Fsp3) is 0.300. The van der Waals surface area contributed by atoms with E-state index in [1.807, 2.05) is 44.2 Å². The number of hydrogen-bond donors (Lipinski definition) is 2. The number of carbonyl (C=O) groups excluding carboxylic acids is 2. The lowest BCUT2D eigenvalue weighted by molar-refractivity contribution is -0.120. The highest BCUT2D eigenvalue weighted by molar-refractivity contribution is 5.97. The third-order valence-electron chi connectivity index (χ3n) is 4.27. The molecule has 0 aliphatic carbocycles. The van der Waals surface area contributed by atoms with Crippen LogP contribution in [0.2, 0.25) is 0 Å². The minimum Gasteiger partial charge on any atom is -0.345 e. The minimum atomic E-state index is -0.384. The van der Waals surface area contributed by atoms with E-state index in [-0.39, 0.29) is 23.8 Å². The molecule has 5 heteroatoms. The van der Waals surface area contributed by atoms with Gasteiger partial charge in [0.15, 0.2) is 0 Å². The van der Waals surface area contributed by atoms with Crippen LogP contribution in [0.25, 0.3) is 0 Å². The van der Waals surface area contributed by atoms with Gasteiger partial charge in [0.2, 0.25) is 5.91 Å². The van der Waals surface area contributed by atoms with E-state index in [0.717, 1.165) is 11.1 Å². The molecule has 0 aromatic heterocycles. The first kappa shape index (κ1) is 18.7. The molecule has 2 aromatic rings. The Balaban J connectivity index is 2.10. The molecule has 2 unspecified atom stereocenters. The van der Waals surface area contributed by atoms with Crippen LogP contribution in [0.15, 0.2) is 48.5 Å². The van der Waals surface area contributed by atoms with Gasteiger partial charge in [0.05, 0.1) is 5.92 Å². The van der Waals surface area contributed by atoms with Crippen LogP contribution in [0.4, 0.5) is 5.69 Å². The Morgan fingerprint density at radius 2 is 1.72 bits per heavy atom. The van der Waals surface area contributed by atoms with Gasteiger partial charge < -0.3 is 16.0 Å². The van der Waals surface area contributed by atoms with Crippen LogP contribution in [-0.4, -0.2) is 30.8 Å². The minimum absolute atomic E-state index is 0.0603. The topological polar surface area (TPSA) is 75.4 Å². The molecule has 0 heterocycles. The van der Waals surface area contributed by atoms with Crippen molar-refractivity contribution in [2.45, 2.75) is 19.9 Å². The molecule has 3 N–H and O–H groups in total. The highest BCUT2D eigenvalue weighted by atomic mass is 16.2. The number of amides is 2. The summed E-state index contributed by atoms with van der Waals surface area (Å²) in [4.78, 5) is 26.1. The average molecular weight is 339 g/mol. The lowest BCUT2D eigenvalue weighted by Gasteiger charge is -2.20. The highest BCUT2D eigenvalue weighted by Crippen LogP contribution is 2.22. The Morgan fingerprint density at radius 1 is 1.08 bits per heavy atom. The van der Waals surface area contributed by atoms with Crippen molar-refractivity contribution in [2.75, 3.05) is 19.4 Å². The Labute approximate surface area is 148 Å². The van der Waals surface area contributed by atoms with Crippen LogP contribution >= 0.6 is 0 Å². The fourth-order valence-electron chi connectivity index (χ4n) is 2.61. The first-order valence-electron chi connectivity index (χ1n) is 8.25. The maximum Gasteiger partial charge on any atom is 0.253 e. The zero-order chi connectivity index (χ0) is 18.6. The second-order valence-corrected chi connectivity index (χ2v) is 6.44. The molecule has 0 fully saturated rings. The second-order valence-electron chi connectivity index (χ2n) is 6.44. The number of nitrogens with two attached hydrogens (primary N) is 1. The largest absolute Gasteiger partial charge is 0.345 e. The van der Waals surface area contributed by atoms with Crippen molar-refractivity contribution < 1.29 is 9.59 Å². The summed E-state index contributed by atoms with van der Waals surface area (Å²) in [6.45, 7) is 3.66. The standard InChI is InChI=1S/C20H25N3O2/c1-13-12-16(10-11-17(13)20(25)23(3)4)22-19(24)14(2)18(21)15-8-6-5-7-9-15/h5-12,14,18H,21H2,1-4H3,(H,22,24). The molecule has 2 aromatic carbocycles. The van der Waals surface area contributed by atoms with Crippen molar-refractivity contribution in [1.82, 2.24) is 4.90 Å². The smallest absolute Gasteiger partial charge is 0.253 e. The number of benzene rings is 2. The van der Waals surface area contributed by atoms with Gasteiger partial charge in [-0.15, -0.1) is 0 Å². The first-order chi connectivity index (χ1) is 11.8. The third kappa shape index (κ3) is 4.45. The Hall–Kier alpha value is -2.66. The number of hydrogen-bond acceptors (Lipinski definition) is 3. The highest BCUT2D eigenvalue weighted by Gasteiger charge is 2.22. The predicted molar refractivity (Wildman–Crippen MR) is 100 cm³/mol. The van der Waals surface area contributed by atoms with Crippen LogP contribution in [0.5, 0.6) is 0 Å². The second kappa shape index (κ2) is 7.94. The summed E-state index contributed by atoms with van der Waals surface area (Å²) in [5, 5.41) is 2.88. The average Bonchev–Trinajstić information content (AvgIpc) is 2.60. The molecule has 0 radical (unpaired) electrons. The molecule has 0 bridgehead atoms. The van der Waals surface area contributed by atoms with Gasteiger partial charge in [-0.2, -0.15) is 0 Å². The normalized spacial score (nSPS) is 13.0. The van der Waals surface area contributed by atoms with E-state index < -0.39 is 0 Å². The van der Waals surface area contributed by atoms with Crippen LogP contribution in [-0.2, 0) is 4.79 Å². The van der Waals surface area contributed by atoms with Gasteiger partial charge in [-0.25, -0.2) is 0 Å². The van der Waals surface area contributed by atoms with Crippen LogP contribution in [0.3, 0.4) is 0 Å². The Bertz CT molecular complexity index is 757. The van der Waals surface area contributed by atoms with Crippen molar-refractivity contribution in [3.05, 3.63) is 65.2 Å². The molecular weight excluding hydrogens is 314 g/mol. The van der Waals surface area contributed by atoms with Gasteiger partial charge >= 0.3 is 0 Å². The van der Waals surface area contributed by atoms with E-state index in [1.165, 1.54) is 4.90 Å². The molecule has 0 saturated heterocycles. The molecule has 25 heavy (non-hydrogen) atoms. The van der Waals surface area contributed by atoms with E-state index in [1.54, 1.807) is 32.3 Å². The SMILES string of the molecule is Cc1cc(NC(=O)C(C)C(N)c2ccccc2)ccc1C(=O)N(C)C. The van der Waals surface area contributed by atoms with E-state index in [4.69, 9.17) is 5.73 Å². The van der Waals surface area contributed by atoms with Gasteiger partial charge in [0.1, 0.15) is 0 Å². The maximum absolute atomic E-state index is 12.5. The number of nitrogens with zero attached hydrogens (tertiary/aromatic N) is 1. The number of anilines is 1. The molecule has 2 rings (SSSR count). The van der Waals surface area contributed by atoms with Crippen molar-refractivity contribution in [1.29, 1.82) is 0 Å². The van der Waals surface area contributed by atoms with Crippen LogP contribution < -0.4 is 11.1 Å². The summed E-state index contributed by atoms with van der Waals surface area (Å²) in [6, 6.07) is 14.5. The summed E-state index contributed by atoms with van der Waals surface area (Å²) in [6.07, 6.45) is 0. The molecule has 0 aliphatic heterocycles. The van der Waals surface area contributed by atoms with Crippen molar-refractivity contribution in [3.63, 3.8) is 0 Å². The van der Waals surface area contributed by atoms with Crippen molar-refractivity contribution in [3.8, 4) is 0 Å². The van der Waals surface area contributed by atoms with Crippen molar-refractivity contribution in [2.24, 2.45) is 11.7 Å². The molecule has 2 atom stereocenters. The number of carbonyl (C=O) groups is 2. The Kier molecular flexibility index (Phi) is 5.93. The Morgan fingerprint density at radius 3 is 2.28 bits per heavy atom. The summed E-state index contributed by atoms with van der Waals surface area (Å²) < 4.78 is 0. The van der Waals surface area contributed by atoms with E-state index >= 15 is 0 Å². The quantitative estimate of drug-likeness (QED) is 0.879. The molecular formula is C20H25N3O2. The van der Waals surface area contributed by atoms with Gasteiger partial charge in [-0.3, -0.25) is 9.59 Å². The van der Waals surface area contributed by atoms with Crippen molar-refractivity contribution >= 4 is 17.5 Å². The number of aryl methyl sites for hydroxylation is 1. The van der Waals surface area contributed by atoms with Gasteiger partial charge in [-0.1, -0.05) is 37.3 Å². The number of nitrogens with one attached hydrogen (secondary N) is 1. The zero-order valence-electron chi connectivity index (χ0n) is 15.1. The lowest BCUT2D eigenvalue weighted by Crippen LogP contribution is -2.30. The molecule has 5 nitrogen and oxygen atoms in total. The van der Waals surface area contributed by atoms with Gasteiger partial charge in [0, 0.05) is 31.4 Å². The summed E-state index contributed by atoms with van der Waals surface area (Å²) in [5.41, 5.74) is 9.23. The van der Waals surface area contributed by atoms with E-state index in [2.05, 4.69) is 5.32 Å². The fourth-order valence-corrected chi connectivity index (χ4v) is 2.61. The van der Waals surface area contributed by atoms with E-state index in [0.29, 0.717) is 11.3 Å². The van der Waals surface area contributed by atoms with Crippen LogP contribution in [0.1, 0.15) is 34.5 Å². The third-order valence-corrected chi connectivity index (χ3v) is 4.27. The molecule has 132 valence electrons. The molecule has 0 spiro atoms. The molecule has 2 amide bonds. The lowest BCUT2D eigenvalue weighted by atomic mass is 9.94. The summed E-state index contributed by atoms with van der Waals surface area (Å²) in [7, 11) is 3.42. The monoisotopic (exact) mass is 339 g/mol. The first-order valence-corrected chi connectivity index (χ1v) is 8.25. The zero-order valence-corrected chi connectivity index (χ0v) is 15.1. The van der Waals surface area contributed by atoms with Crippen LogP contribution in [0, 0.1) is 12.8 Å². The molecule has 0 saturated carbocycles. The predicted octanol–water partition coefficient (Wildman–Crippen LogP) is 2.97. The van der Waals surface area contributed by atoms with E-state index in [9.17, 15) is 9.59 Å². The molecule has 0 aliphatic rings. The summed E-state index contributed by atoms with van der Waals surface area (Å²) >= 11 is 0. The number of rotatable bonds is 5. The van der Waals surface area contributed by atoms with Gasteiger partial charge in [0.25, 0.3) is 5.91 Å².